The predicted molar refractivity (Wildman–Crippen MR) is 48.4 cm³/mol. The number of hydrogen-bond donors (Lipinski definition) is 2. The van der Waals surface area contributed by atoms with E-state index >= 15 is 0 Å². The average Bonchev–Trinajstić information content (AvgIpc) is 2.16. The van der Waals surface area contributed by atoms with Gasteiger partial charge >= 0.3 is 0 Å². The number of rotatable bonds is 3. The minimum atomic E-state index is -1.98. The maximum atomic E-state index is 10.8. The molecule has 0 fully saturated rings. The summed E-state index contributed by atoms with van der Waals surface area (Å²) in [6.07, 6.45) is -3.96. The van der Waals surface area contributed by atoms with Gasteiger partial charge in [-0.3, -0.25) is 9.59 Å². The fourth-order valence-corrected chi connectivity index (χ4v) is 1.15. The number of hydrogen-bond acceptors (Lipinski definition) is 8. The highest BCUT2D eigenvalue weighted by Crippen LogP contribution is 2.12. The predicted octanol–water partition coefficient (Wildman–Crippen LogP) is -0.810. The molecule has 0 spiro atoms. The first kappa shape index (κ1) is 12.9. The number of thioether (sulfide) groups is 2. The molecule has 0 aliphatic carbocycles. The lowest BCUT2D eigenvalue weighted by molar-refractivity contribution is -0.133. The lowest BCUT2D eigenvalue weighted by atomic mass is 10.2. The fourth-order valence-electron chi connectivity index (χ4n) is 0.469. The zero-order chi connectivity index (χ0) is 11.1. The van der Waals surface area contributed by atoms with Crippen molar-refractivity contribution in [2.45, 2.75) is 12.2 Å². The summed E-state index contributed by atoms with van der Waals surface area (Å²) in [5.74, 6) is 0. The Morgan fingerprint density at radius 1 is 1.00 bits per heavy atom. The normalized spacial score (nSPS) is 13.4. The molecule has 2 atom stereocenters. The SMILES string of the molecule is N#CSC(=O)C(O)C(O)C(=O)SC#N. The maximum absolute atomic E-state index is 10.8. The Labute approximate surface area is 87.5 Å². The summed E-state index contributed by atoms with van der Waals surface area (Å²) in [7, 11) is 0. The molecule has 0 saturated carbocycles. The molecule has 2 N–H and O–H groups in total. The van der Waals surface area contributed by atoms with Gasteiger partial charge < -0.3 is 10.2 Å². The van der Waals surface area contributed by atoms with Crippen LogP contribution < -0.4 is 0 Å². The summed E-state index contributed by atoms with van der Waals surface area (Å²) in [6.45, 7) is 0. The second kappa shape index (κ2) is 6.40. The van der Waals surface area contributed by atoms with Gasteiger partial charge in [-0.15, -0.1) is 0 Å². The van der Waals surface area contributed by atoms with Crippen molar-refractivity contribution < 1.29 is 19.8 Å². The summed E-state index contributed by atoms with van der Waals surface area (Å²) in [4.78, 5) is 21.6. The molecule has 6 nitrogen and oxygen atoms in total. The van der Waals surface area contributed by atoms with Crippen LogP contribution in [0.25, 0.3) is 0 Å². The number of aliphatic hydroxyl groups is 2. The van der Waals surface area contributed by atoms with Gasteiger partial charge in [-0.05, 0) is 0 Å². The monoisotopic (exact) mass is 232 g/mol. The van der Waals surface area contributed by atoms with E-state index in [1.807, 2.05) is 0 Å². The van der Waals surface area contributed by atoms with E-state index in [2.05, 4.69) is 0 Å². The van der Waals surface area contributed by atoms with Crippen LogP contribution in [0.1, 0.15) is 0 Å². The maximum Gasteiger partial charge on any atom is 0.234 e. The van der Waals surface area contributed by atoms with Crippen LogP contribution in [0.2, 0.25) is 0 Å². The molecule has 0 aromatic rings. The van der Waals surface area contributed by atoms with Crippen molar-refractivity contribution >= 4 is 33.8 Å². The second-order valence-electron chi connectivity index (χ2n) is 1.91. The third kappa shape index (κ3) is 3.77. The van der Waals surface area contributed by atoms with Crippen LogP contribution in [0.4, 0.5) is 0 Å². The van der Waals surface area contributed by atoms with Crippen LogP contribution in [0, 0.1) is 21.3 Å². The van der Waals surface area contributed by atoms with E-state index in [4.69, 9.17) is 20.7 Å². The third-order valence-corrected chi connectivity index (χ3v) is 2.14. The molecule has 0 bridgehead atoms. The average molecular weight is 232 g/mol. The summed E-state index contributed by atoms with van der Waals surface area (Å²) < 4.78 is 0. The topological polar surface area (TPSA) is 122 Å². The zero-order valence-electron chi connectivity index (χ0n) is 6.58. The number of thiocyanates is 2. The lowest BCUT2D eigenvalue weighted by Crippen LogP contribution is -2.36. The quantitative estimate of drug-likeness (QED) is 0.606. The molecular weight excluding hydrogens is 228 g/mol. The van der Waals surface area contributed by atoms with Crippen molar-refractivity contribution in [1.82, 2.24) is 0 Å². The highest BCUT2D eigenvalue weighted by molar-refractivity contribution is 8.18. The Balaban J connectivity index is 4.33. The van der Waals surface area contributed by atoms with Crippen LogP contribution >= 0.6 is 23.5 Å². The molecule has 2 unspecified atom stereocenters. The van der Waals surface area contributed by atoms with Crippen molar-refractivity contribution in [3.8, 4) is 10.8 Å². The van der Waals surface area contributed by atoms with Crippen molar-refractivity contribution in [3.63, 3.8) is 0 Å². The third-order valence-electron chi connectivity index (χ3n) is 1.07. The van der Waals surface area contributed by atoms with Crippen LogP contribution in [0.5, 0.6) is 0 Å². The van der Waals surface area contributed by atoms with Crippen LogP contribution in [0.15, 0.2) is 0 Å². The summed E-state index contributed by atoms with van der Waals surface area (Å²) in [5.41, 5.74) is 0. The van der Waals surface area contributed by atoms with Gasteiger partial charge in [0.1, 0.15) is 10.8 Å². The van der Waals surface area contributed by atoms with Gasteiger partial charge in [-0.25, -0.2) is 0 Å². The van der Waals surface area contributed by atoms with Crippen molar-refractivity contribution in [2.24, 2.45) is 0 Å². The molecule has 0 heterocycles. The molecule has 14 heavy (non-hydrogen) atoms. The summed E-state index contributed by atoms with van der Waals surface area (Å²) in [5, 5.41) is 34.8. The van der Waals surface area contributed by atoms with Crippen LogP contribution in [-0.2, 0) is 9.59 Å². The molecule has 0 rings (SSSR count). The number of nitrogens with zero attached hydrogens (tertiary/aromatic N) is 2. The lowest BCUT2D eigenvalue weighted by Gasteiger charge is -2.10. The van der Waals surface area contributed by atoms with Gasteiger partial charge in [-0.2, -0.15) is 10.5 Å². The molecule has 74 valence electrons. The Bertz CT molecular complexity index is 287. The molecular formula is C6H4N2O4S2. The minimum absolute atomic E-state index is 0.115. The number of carbonyl (C=O) groups excluding carboxylic acids is 2. The van der Waals surface area contributed by atoms with E-state index in [0.717, 1.165) is 0 Å². The van der Waals surface area contributed by atoms with Crippen molar-refractivity contribution in [3.05, 3.63) is 0 Å². The first-order chi connectivity index (χ1) is 6.54. The highest BCUT2D eigenvalue weighted by Gasteiger charge is 2.30. The van der Waals surface area contributed by atoms with Crippen LogP contribution in [-0.4, -0.2) is 32.7 Å². The van der Waals surface area contributed by atoms with Gasteiger partial charge in [0.15, 0.2) is 12.2 Å². The Morgan fingerprint density at radius 3 is 1.50 bits per heavy atom. The molecule has 0 aliphatic rings. The zero-order valence-corrected chi connectivity index (χ0v) is 8.21. The van der Waals surface area contributed by atoms with Crippen molar-refractivity contribution in [1.29, 1.82) is 10.5 Å². The van der Waals surface area contributed by atoms with Gasteiger partial charge in [-0.1, -0.05) is 0 Å². The smallest absolute Gasteiger partial charge is 0.234 e. The largest absolute Gasteiger partial charge is 0.381 e. The van der Waals surface area contributed by atoms with E-state index < -0.39 is 22.4 Å². The van der Waals surface area contributed by atoms with E-state index in [-0.39, 0.29) is 23.5 Å². The van der Waals surface area contributed by atoms with Crippen LogP contribution in [0.3, 0.4) is 0 Å². The molecule has 0 amide bonds. The Morgan fingerprint density at radius 2 is 1.29 bits per heavy atom. The summed E-state index contributed by atoms with van der Waals surface area (Å²) >= 11 is 0.231. The van der Waals surface area contributed by atoms with Gasteiger partial charge in [0.25, 0.3) is 0 Å². The number of aliphatic hydroxyl groups excluding tert-OH is 2. The molecule has 0 saturated heterocycles. The van der Waals surface area contributed by atoms with E-state index in [1.165, 1.54) is 10.8 Å². The van der Waals surface area contributed by atoms with E-state index in [9.17, 15) is 9.59 Å². The molecule has 8 heteroatoms. The molecule has 0 aliphatic heterocycles. The van der Waals surface area contributed by atoms with E-state index in [1.54, 1.807) is 0 Å². The Hall–Kier alpha value is -1.06. The number of nitriles is 2. The van der Waals surface area contributed by atoms with Gasteiger partial charge in [0, 0.05) is 23.5 Å². The van der Waals surface area contributed by atoms with Gasteiger partial charge in [0.05, 0.1) is 0 Å². The first-order valence-corrected chi connectivity index (χ1v) is 4.73. The first-order valence-electron chi connectivity index (χ1n) is 3.10. The second-order valence-corrected chi connectivity index (χ2v) is 3.49. The summed E-state index contributed by atoms with van der Waals surface area (Å²) in [6, 6.07) is 0. The molecule has 0 aromatic carbocycles. The fraction of sp³-hybridized carbons (Fsp3) is 0.333. The van der Waals surface area contributed by atoms with Crippen molar-refractivity contribution in [2.75, 3.05) is 0 Å². The Kier molecular flexibility index (Phi) is 5.92. The standard InChI is InChI=1S/C6H4N2O4S2/c7-1-13-5(11)3(9)4(10)6(12)14-2-8/h3-4,9-10H. The van der Waals surface area contributed by atoms with E-state index in [0.29, 0.717) is 0 Å². The molecule has 0 aromatic heterocycles. The number of carbonyl (C=O) groups is 2. The highest BCUT2D eigenvalue weighted by atomic mass is 32.2. The van der Waals surface area contributed by atoms with Gasteiger partial charge in [0.2, 0.25) is 10.2 Å². The minimum Gasteiger partial charge on any atom is -0.381 e. The molecule has 0 radical (unpaired) electrons.